The molecule has 1 aromatic heterocycles. The Morgan fingerprint density at radius 1 is 1.26 bits per heavy atom. The van der Waals surface area contributed by atoms with Crippen molar-refractivity contribution < 1.29 is 4.79 Å². The van der Waals surface area contributed by atoms with Gasteiger partial charge < -0.3 is 5.73 Å². The fraction of sp³-hybridized carbons (Fsp3) is 0.154. The van der Waals surface area contributed by atoms with Crippen LogP contribution in [0.1, 0.15) is 9.67 Å². The maximum atomic E-state index is 11.1. The fourth-order valence-corrected chi connectivity index (χ4v) is 2.34. The minimum atomic E-state index is -0.403. The third-order valence-corrected chi connectivity index (χ3v) is 3.47. The molecule has 0 saturated heterocycles. The molecular formula is C13H14N4OS. The summed E-state index contributed by atoms with van der Waals surface area (Å²) in [6, 6.07) is 11.3. The van der Waals surface area contributed by atoms with Crippen LogP contribution in [0.5, 0.6) is 0 Å². The number of benzene rings is 1. The highest BCUT2D eigenvalue weighted by molar-refractivity contribution is 7.17. The van der Waals surface area contributed by atoms with E-state index in [2.05, 4.69) is 10.3 Å². The van der Waals surface area contributed by atoms with Crippen LogP contribution >= 0.6 is 11.3 Å². The molecule has 98 valence electrons. The third kappa shape index (κ3) is 3.38. The number of amides is 1. The van der Waals surface area contributed by atoms with Gasteiger partial charge in [0.1, 0.15) is 0 Å². The molecule has 0 spiro atoms. The zero-order valence-corrected chi connectivity index (χ0v) is 11.5. The number of nitrogens with zero attached hydrogens (tertiary/aromatic N) is 3. The second-order valence-electron chi connectivity index (χ2n) is 4.12. The van der Waals surface area contributed by atoms with E-state index in [0.29, 0.717) is 4.88 Å². The second kappa shape index (κ2) is 5.62. The van der Waals surface area contributed by atoms with Gasteiger partial charge in [0.25, 0.3) is 5.91 Å². The summed E-state index contributed by atoms with van der Waals surface area (Å²) in [5.74, 6) is -0.403. The quantitative estimate of drug-likeness (QED) is 0.687. The largest absolute Gasteiger partial charge is 0.365 e. The van der Waals surface area contributed by atoms with Gasteiger partial charge in [-0.25, -0.2) is 0 Å². The molecule has 0 bridgehead atoms. The van der Waals surface area contributed by atoms with Crippen LogP contribution in [0, 0.1) is 0 Å². The molecule has 1 heterocycles. The van der Waals surface area contributed by atoms with Gasteiger partial charge in [-0.05, 0) is 29.8 Å². The smallest absolute Gasteiger partial charge is 0.258 e. The highest BCUT2D eigenvalue weighted by Crippen LogP contribution is 2.30. The third-order valence-electron chi connectivity index (χ3n) is 2.32. The number of primary amides is 1. The van der Waals surface area contributed by atoms with Gasteiger partial charge in [0.15, 0.2) is 0 Å². The topological polar surface area (TPSA) is 71.1 Å². The number of hydrogen-bond acceptors (Lipinski definition) is 4. The summed E-state index contributed by atoms with van der Waals surface area (Å²) in [5.41, 5.74) is 7.01. The van der Waals surface area contributed by atoms with Gasteiger partial charge in [-0.3, -0.25) is 9.80 Å². The molecule has 6 heteroatoms. The van der Waals surface area contributed by atoms with Crippen LogP contribution in [0.2, 0.25) is 0 Å². The molecule has 5 nitrogen and oxygen atoms in total. The molecule has 0 aliphatic carbocycles. The number of hydrogen-bond donors (Lipinski definition) is 1. The lowest BCUT2D eigenvalue weighted by atomic mass is 10.2. The van der Waals surface area contributed by atoms with E-state index in [1.54, 1.807) is 11.1 Å². The van der Waals surface area contributed by atoms with Crippen LogP contribution in [-0.2, 0) is 0 Å². The van der Waals surface area contributed by atoms with Gasteiger partial charge >= 0.3 is 0 Å². The van der Waals surface area contributed by atoms with Gasteiger partial charge in [0.05, 0.1) is 10.6 Å². The molecule has 0 radical (unpaired) electrons. The van der Waals surface area contributed by atoms with E-state index in [9.17, 15) is 4.79 Å². The Balaban J connectivity index is 2.29. The van der Waals surface area contributed by atoms with Crippen molar-refractivity contribution in [1.82, 2.24) is 5.01 Å². The van der Waals surface area contributed by atoms with Crippen LogP contribution in [-0.4, -0.2) is 25.0 Å². The molecule has 0 fully saturated rings. The highest BCUT2D eigenvalue weighted by atomic mass is 32.1. The van der Waals surface area contributed by atoms with Crippen molar-refractivity contribution >= 4 is 22.9 Å². The molecule has 0 atom stereocenters. The molecule has 0 aliphatic rings. The lowest BCUT2D eigenvalue weighted by Gasteiger charge is -2.02. The lowest BCUT2D eigenvalue weighted by Crippen LogP contribution is -2.07. The van der Waals surface area contributed by atoms with E-state index in [-0.39, 0.29) is 0 Å². The molecule has 19 heavy (non-hydrogen) atoms. The summed E-state index contributed by atoms with van der Waals surface area (Å²) in [6.07, 6.45) is 0. The van der Waals surface area contributed by atoms with Crippen LogP contribution in [0.3, 0.4) is 0 Å². The number of thiophene rings is 1. The average Bonchev–Trinajstić information content (AvgIpc) is 2.86. The van der Waals surface area contributed by atoms with Crippen LogP contribution in [0.15, 0.2) is 46.7 Å². The van der Waals surface area contributed by atoms with Gasteiger partial charge in [-0.1, -0.05) is 17.4 Å². The fourth-order valence-electron chi connectivity index (χ4n) is 1.49. The zero-order chi connectivity index (χ0) is 13.8. The maximum Gasteiger partial charge on any atom is 0.258 e. The molecule has 0 aliphatic heterocycles. The predicted octanol–water partition coefficient (Wildman–Crippen LogP) is 3.07. The van der Waals surface area contributed by atoms with Crippen molar-refractivity contribution in [3.63, 3.8) is 0 Å². The minimum Gasteiger partial charge on any atom is -0.365 e. The Morgan fingerprint density at radius 3 is 2.68 bits per heavy atom. The minimum absolute atomic E-state index is 0.403. The van der Waals surface area contributed by atoms with Crippen molar-refractivity contribution in [3.05, 3.63) is 41.3 Å². The first-order valence-electron chi connectivity index (χ1n) is 5.65. The highest BCUT2D eigenvalue weighted by Gasteiger charge is 2.07. The number of rotatable bonds is 4. The van der Waals surface area contributed by atoms with E-state index >= 15 is 0 Å². The van der Waals surface area contributed by atoms with E-state index in [4.69, 9.17) is 5.73 Å². The second-order valence-corrected chi connectivity index (χ2v) is 5.20. The van der Waals surface area contributed by atoms with Gasteiger partial charge in [0, 0.05) is 19.0 Å². The summed E-state index contributed by atoms with van der Waals surface area (Å²) >= 11 is 1.37. The number of carbonyl (C=O) groups excluding carboxylic acids is 1. The summed E-state index contributed by atoms with van der Waals surface area (Å²) < 4.78 is 0. The van der Waals surface area contributed by atoms with Gasteiger partial charge in [-0.2, -0.15) is 0 Å². The molecule has 0 unspecified atom stereocenters. The molecule has 2 N–H and O–H groups in total. The normalized spacial score (nSPS) is 10.8. The molecule has 0 saturated carbocycles. The lowest BCUT2D eigenvalue weighted by molar-refractivity contribution is 0.100. The zero-order valence-electron chi connectivity index (χ0n) is 10.7. The summed E-state index contributed by atoms with van der Waals surface area (Å²) in [6.45, 7) is 0. The van der Waals surface area contributed by atoms with Crippen molar-refractivity contribution in [3.8, 4) is 10.4 Å². The molecule has 1 amide bonds. The monoisotopic (exact) mass is 274 g/mol. The van der Waals surface area contributed by atoms with E-state index < -0.39 is 5.91 Å². The first-order chi connectivity index (χ1) is 9.06. The predicted molar refractivity (Wildman–Crippen MR) is 76.5 cm³/mol. The molecule has 2 rings (SSSR count). The van der Waals surface area contributed by atoms with Crippen molar-refractivity contribution in [2.45, 2.75) is 0 Å². The first kappa shape index (κ1) is 13.2. The summed E-state index contributed by atoms with van der Waals surface area (Å²) in [7, 11) is 3.62. The first-order valence-corrected chi connectivity index (χ1v) is 6.47. The molecule has 2 aromatic rings. The maximum absolute atomic E-state index is 11.1. The Morgan fingerprint density at radius 2 is 2.05 bits per heavy atom. The number of carbonyl (C=O) groups is 1. The Hall–Kier alpha value is -2.21. The Kier molecular flexibility index (Phi) is 3.91. The van der Waals surface area contributed by atoms with Gasteiger partial charge in [-0.15, -0.1) is 16.5 Å². The van der Waals surface area contributed by atoms with Crippen molar-refractivity contribution in [2.24, 2.45) is 16.1 Å². The summed E-state index contributed by atoms with van der Waals surface area (Å²) in [5, 5.41) is 9.68. The van der Waals surface area contributed by atoms with Crippen LogP contribution in [0.25, 0.3) is 10.4 Å². The van der Waals surface area contributed by atoms with Crippen molar-refractivity contribution in [1.29, 1.82) is 0 Å². The van der Waals surface area contributed by atoms with Crippen molar-refractivity contribution in [2.75, 3.05) is 14.1 Å². The molecule has 1 aromatic carbocycles. The van der Waals surface area contributed by atoms with E-state index in [1.807, 2.05) is 44.4 Å². The Labute approximate surface area is 115 Å². The van der Waals surface area contributed by atoms with E-state index in [1.165, 1.54) is 11.3 Å². The van der Waals surface area contributed by atoms with Crippen LogP contribution in [0.4, 0.5) is 5.69 Å². The number of nitrogens with two attached hydrogens (primary N) is 1. The molecular weight excluding hydrogens is 260 g/mol. The summed E-state index contributed by atoms with van der Waals surface area (Å²) in [4.78, 5) is 12.6. The van der Waals surface area contributed by atoms with E-state index in [0.717, 1.165) is 16.1 Å². The SMILES string of the molecule is CN(C)N=Nc1cccc(-c2ccc(C(N)=O)s2)c1. The standard InChI is InChI=1S/C13H14N4OS/c1-17(2)16-15-10-5-3-4-9(8-10)11-6-7-12(19-11)13(14)18/h3-8H,1-2H3,(H2,14,18). The average molecular weight is 274 g/mol. The van der Waals surface area contributed by atoms with Gasteiger partial charge in [0.2, 0.25) is 0 Å². The van der Waals surface area contributed by atoms with Crippen LogP contribution < -0.4 is 5.73 Å². The Bertz CT molecular complexity index is 619.